The van der Waals surface area contributed by atoms with Crippen molar-refractivity contribution in [1.82, 2.24) is 0 Å². The molecule has 3 N–H and O–H groups in total. The molecule has 6 heteroatoms. The Labute approximate surface area is 101 Å². The lowest BCUT2D eigenvalue weighted by atomic mass is 10.2. The minimum Gasteiger partial charge on any atom is -0.394 e. The third-order valence-corrected chi connectivity index (χ3v) is 4.16. The van der Waals surface area contributed by atoms with Crippen molar-refractivity contribution in [2.24, 2.45) is 0 Å². The largest absolute Gasteiger partial charge is 0.394 e. The van der Waals surface area contributed by atoms with Crippen LogP contribution < -0.4 is 5.32 Å². The summed E-state index contributed by atoms with van der Waals surface area (Å²) in [6, 6.07) is 5.80. The molecule has 0 saturated carbocycles. The van der Waals surface area contributed by atoms with E-state index in [1.807, 2.05) is 0 Å². The van der Waals surface area contributed by atoms with Crippen molar-refractivity contribution in [3.8, 4) is 0 Å². The predicted octanol–water partition coefficient (Wildman–Crippen LogP) is 0.245. The van der Waals surface area contributed by atoms with Crippen LogP contribution in [0.1, 0.15) is 6.92 Å². The second kappa shape index (κ2) is 6.00. The Balaban J connectivity index is 2.82. The van der Waals surface area contributed by atoms with E-state index in [1.165, 1.54) is 12.1 Å². The number of aliphatic hydroxyl groups is 2. The molecule has 1 aromatic carbocycles. The van der Waals surface area contributed by atoms with Crippen molar-refractivity contribution < 1.29 is 18.6 Å². The maximum atomic E-state index is 11.5. The topological polar surface area (TPSA) is 86.6 Å². The van der Waals surface area contributed by atoms with E-state index in [1.54, 1.807) is 19.1 Å². The SMILES string of the molecule is CCS(=O)(=O)c1ccc(NC(CO)CO)cc1. The molecule has 0 radical (unpaired) electrons. The summed E-state index contributed by atoms with van der Waals surface area (Å²) in [6.45, 7) is 1.21. The van der Waals surface area contributed by atoms with E-state index in [0.29, 0.717) is 5.69 Å². The lowest BCUT2D eigenvalue weighted by Crippen LogP contribution is -2.27. The van der Waals surface area contributed by atoms with E-state index in [9.17, 15) is 8.42 Å². The Morgan fingerprint density at radius 1 is 1.18 bits per heavy atom. The molecule has 0 saturated heterocycles. The van der Waals surface area contributed by atoms with Crippen LogP contribution in [0.4, 0.5) is 5.69 Å². The van der Waals surface area contributed by atoms with Gasteiger partial charge < -0.3 is 15.5 Å². The van der Waals surface area contributed by atoms with Gasteiger partial charge >= 0.3 is 0 Å². The summed E-state index contributed by atoms with van der Waals surface area (Å²) >= 11 is 0. The standard InChI is InChI=1S/C11H17NO4S/c1-2-17(15,16)11-5-3-9(4-6-11)12-10(7-13)8-14/h3-6,10,12-14H,2,7-8H2,1H3. The molecule has 0 fully saturated rings. The fourth-order valence-electron chi connectivity index (χ4n) is 1.31. The second-order valence-corrected chi connectivity index (χ2v) is 5.91. The zero-order chi connectivity index (χ0) is 12.9. The molecule has 0 heterocycles. The summed E-state index contributed by atoms with van der Waals surface area (Å²) < 4.78 is 23.1. The van der Waals surface area contributed by atoms with Crippen LogP contribution in [-0.4, -0.2) is 43.6 Å². The average molecular weight is 259 g/mol. The summed E-state index contributed by atoms with van der Waals surface area (Å²) in [6.07, 6.45) is 0. The van der Waals surface area contributed by atoms with E-state index < -0.39 is 15.9 Å². The van der Waals surface area contributed by atoms with Crippen molar-refractivity contribution in [2.45, 2.75) is 17.9 Å². The number of rotatable bonds is 6. The van der Waals surface area contributed by atoms with Crippen LogP contribution in [0.15, 0.2) is 29.2 Å². The molecule has 0 spiro atoms. The lowest BCUT2D eigenvalue weighted by Gasteiger charge is -2.14. The molecule has 0 aliphatic heterocycles. The summed E-state index contributed by atoms with van der Waals surface area (Å²) in [7, 11) is -3.18. The van der Waals surface area contributed by atoms with Gasteiger partial charge in [0.25, 0.3) is 0 Å². The first-order chi connectivity index (χ1) is 8.03. The number of hydrogen-bond donors (Lipinski definition) is 3. The molecule has 1 rings (SSSR count). The zero-order valence-electron chi connectivity index (χ0n) is 9.63. The first-order valence-corrected chi connectivity index (χ1v) is 6.99. The molecule has 17 heavy (non-hydrogen) atoms. The minimum atomic E-state index is -3.18. The van der Waals surface area contributed by atoms with Crippen LogP contribution in [-0.2, 0) is 9.84 Å². The van der Waals surface area contributed by atoms with Gasteiger partial charge in [-0.25, -0.2) is 8.42 Å². The molecule has 0 aromatic heterocycles. The van der Waals surface area contributed by atoms with Crippen LogP contribution in [0.5, 0.6) is 0 Å². The zero-order valence-corrected chi connectivity index (χ0v) is 10.4. The summed E-state index contributed by atoms with van der Waals surface area (Å²) in [4.78, 5) is 0.273. The molecule has 1 aromatic rings. The Morgan fingerprint density at radius 2 is 1.71 bits per heavy atom. The molecule has 0 atom stereocenters. The maximum Gasteiger partial charge on any atom is 0.178 e. The highest BCUT2D eigenvalue weighted by Crippen LogP contribution is 2.15. The average Bonchev–Trinajstić information content (AvgIpc) is 2.36. The number of sulfone groups is 1. The molecule has 0 aliphatic carbocycles. The molecule has 96 valence electrons. The molecule has 0 unspecified atom stereocenters. The van der Waals surface area contributed by atoms with Crippen LogP contribution in [0.2, 0.25) is 0 Å². The van der Waals surface area contributed by atoms with Gasteiger partial charge in [-0.05, 0) is 24.3 Å². The number of anilines is 1. The van der Waals surface area contributed by atoms with Crippen LogP contribution in [0, 0.1) is 0 Å². The van der Waals surface area contributed by atoms with Gasteiger partial charge in [0.2, 0.25) is 0 Å². The van der Waals surface area contributed by atoms with Crippen LogP contribution in [0.25, 0.3) is 0 Å². The summed E-state index contributed by atoms with van der Waals surface area (Å²) in [5.41, 5.74) is 0.660. The van der Waals surface area contributed by atoms with Crippen molar-refractivity contribution in [3.05, 3.63) is 24.3 Å². The lowest BCUT2D eigenvalue weighted by molar-refractivity contribution is 0.204. The molecule has 0 bridgehead atoms. The predicted molar refractivity (Wildman–Crippen MR) is 65.8 cm³/mol. The Bertz CT molecular complexity index is 437. The second-order valence-electron chi connectivity index (χ2n) is 3.63. The van der Waals surface area contributed by atoms with E-state index in [4.69, 9.17) is 10.2 Å². The van der Waals surface area contributed by atoms with E-state index in [-0.39, 0.29) is 23.9 Å². The van der Waals surface area contributed by atoms with E-state index in [2.05, 4.69) is 5.32 Å². The van der Waals surface area contributed by atoms with Crippen molar-refractivity contribution >= 4 is 15.5 Å². The van der Waals surface area contributed by atoms with Crippen molar-refractivity contribution in [2.75, 3.05) is 24.3 Å². The van der Waals surface area contributed by atoms with Gasteiger partial charge in [0.1, 0.15) is 0 Å². The highest BCUT2D eigenvalue weighted by Gasteiger charge is 2.11. The normalized spacial score (nSPS) is 11.8. The molecule has 0 aliphatic rings. The first kappa shape index (κ1) is 14.0. The Kier molecular flexibility index (Phi) is 4.92. The first-order valence-electron chi connectivity index (χ1n) is 5.34. The summed E-state index contributed by atoms with van der Waals surface area (Å²) in [5.74, 6) is 0.0652. The highest BCUT2D eigenvalue weighted by atomic mass is 32.2. The van der Waals surface area contributed by atoms with Crippen molar-refractivity contribution in [3.63, 3.8) is 0 Å². The maximum absolute atomic E-state index is 11.5. The monoisotopic (exact) mass is 259 g/mol. The van der Waals surface area contributed by atoms with Gasteiger partial charge in [-0.2, -0.15) is 0 Å². The summed E-state index contributed by atoms with van der Waals surface area (Å²) in [5, 5.41) is 20.7. The molecule has 0 amide bonds. The van der Waals surface area contributed by atoms with Gasteiger partial charge in [-0.3, -0.25) is 0 Å². The molecular formula is C11H17NO4S. The third kappa shape index (κ3) is 3.69. The van der Waals surface area contributed by atoms with E-state index >= 15 is 0 Å². The molecule has 5 nitrogen and oxygen atoms in total. The van der Waals surface area contributed by atoms with Crippen LogP contribution >= 0.6 is 0 Å². The third-order valence-electron chi connectivity index (χ3n) is 2.41. The fourth-order valence-corrected chi connectivity index (χ4v) is 2.19. The highest BCUT2D eigenvalue weighted by molar-refractivity contribution is 7.91. The minimum absolute atomic E-state index is 0.0652. The smallest absolute Gasteiger partial charge is 0.178 e. The van der Waals surface area contributed by atoms with E-state index in [0.717, 1.165) is 0 Å². The number of aliphatic hydroxyl groups excluding tert-OH is 2. The van der Waals surface area contributed by atoms with Gasteiger partial charge in [0.15, 0.2) is 9.84 Å². The van der Waals surface area contributed by atoms with Crippen LogP contribution in [0.3, 0.4) is 0 Å². The number of hydrogen-bond acceptors (Lipinski definition) is 5. The van der Waals surface area contributed by atoms with Gasteiger partial charge in [0, 0.05) is 5.69 Å². The quantitative estimate of drug-likeness (QED) is 0.681. The van der Waals surface area contributed by atoms with Gasteiger partial charge in [0.05, 0.1) is 29.9 Å². The molecular weight excluding hydrogens is 242 g/mol. The number of nitrogens with one attached hydrogen (secondary N) is 1. The Morgan fingerprint density at radius 3 is 2.12 bits per heavy atom. The van der Waals surface area contributed by atoms with Gasteiger partial charge in [-0.1, -0.05) is 6.92 Å². The number of benzene rings is 1. The van der Waals surface area contributed by atoms with Gasteiger partial charge in [-0.15, -0.1) is 0 Å². The Hall–Kier alpha value is -1.11. The fraction of sp³-hybridized carbons (Fsp3) is 0.455. The van der Waals surface area contributed by atoms with Crippen molar-refractivity contribution in [1.29, 1.82) is 0 Å².